The first-order chi connectivity index (χ1) is 10.1. The predicted octanol–water partition coefficient (Wildman–Crippen LogP) is 2.09. The molecule has 0 aromatic carbocycles. The van der Waals surface area contributed by atoms with Crippen molar-refractivity contribution in [2.24, 2.45) is 5.92 Å². The molecule has 1 saturated carbocycles. The second-order valence-corrected chi connectivity index (χ2v) is 6.73. The Labute approximate surface area is 129 Å². The van der Waals surface area contributed by atoms with Gasteiger partial charge in [-0.25, -0.2) is 4.98 Å². The Morgan fingerprint density at radius 3 is 2.90 bits per heavy atom. The topological polar surface area (TPSA) is 89.3 Å². The molecule has 1 aromatic rings. The van der Waals surface area contributed by atoms with Crippen molar-refractivity contribution in [2.45, 2.75) is 39.2 Å². The second-order valence-electron chi connectivity index (χ2n) is 5.73. The Kier molecular flexibility index (Phi) is 5.81. The number of nitrogen functional groups attached to an aromatic ring is 1. The summed E-state index contributed by atoms with van der Waals surface area (Å²) < 4.78 is 5.42. The van der Waals surface area contributed by atoms with Crippen LogP contribution in [0.2, 0.25) is 0 Å². The van der Waals surface area contributed by atoms with Crippen LogP contribution in [0.5, 0.6) is 0 Å². The molecule has 0 radical (unpaired) electrons. The molecular weight excluding hydrogens is 288 g/mol. The molecule has 1 fully saturated rings. The van der Waals surface area contributed by atoms with E-state index in [-0.39, 0.29) is 5.91 Å². The van der Waals surface area contributed by atoms with Gasteiger partial charge in [0.25, 0.3) is 5.91 Å². The number of hydrogen-bond donors (Lipinski definition) is 3. The normalized spacial score (nSPS) is 15.0. The van der Waals surface area contributed by atoms with Gasteiger partial charge in [0.1, 0.15) is 10.7 Å². The maximum Gasteiger partial charge on any atom is 0.265 e. The first kappa shape index (κ1) is 16.0. The van der Waals surface area contributed by atoms with Crippen molar-refractivity contribution in [3.05, 3.63) is 4.88 Å². The molecule has 1 heterocycles. The average Bonchev–Trinajstić information content (AvgIpc) is 2.74. The van der Waals surface area contributed by atoms with E-state index in [2.05, 4.69) is 29.5 Å². The molecular formula is C14H24N4O2S. The Hall–Kier alpha value is -1.34. The lowest BCUT2D eigenvalue weighted by Gasteiger charge is -2.25. The molecule has 1 aromatic heterocycles. The number of carbonyl (C=O) groups excluding carboxylic acids is 1. The third-order valence-corrected chi connectivity index (χ3v) is 4.28. The maximum absolute atomic E-state index is 12.0. The van der Waals surface area contributed by atoms with Gasteiger partial charge in [0.15, 0.2) is 5.13 Å². The number of nitrogens with zero attached hydrogens (tertiary/aromatic N) is 1. The van der Waals surface area contributed by atoms with Crippen LogP contribution in [-0.4, -0.2) is 36.7 Å². The standard InChI is InChI=1S/C14H24N4O2S/c1-9(2)8-20-7-6-16-13(19)11-12(15)18-14(21-11)17-10-4-3-5-10/h9-10H,3-8,15H2,1-2H3,(H,16,19)(H,17,18). The van der Waals surface area contributed by atoms with Crippen LogP contribution in [0.3, 0.4) is 0 Å². The number of hydrogen-bond acceptors (Lipinski definition) is 6. The third kappa shape index (κ3) is 4.86. The number of rotatable bonds is 8. The van der Waals surface area contributed by atoms with Gasteiger partial charge in [-0.3, -0.25) is 4.79 Å². The fourth-order valence-electron chi connectivity index (χ4n) is 1.92. The van der Waals surface area contributed by atoms with Gasteiger partial charge in [0, 0.05) is 19.2 Å². The maximum atomic E-state index is 12.0. The van der Waals surface area contributed by atoms with Crippen LogP contribution in [0.25, 0.3) is 0 Å². The van der Waals surface area contributed by atoms with Crippen molar-refractivity contribution < 1.29 is 9.53 Å². The van der Waals surface area contributed by atoms with Crippen LogP contribution in [0, 0.1) is 5.92 Å². The number of nitrogens with two attached hydrogens (primary N) is 1. The van der Waals surface area contributed by atoms with E-state index in [4.69, 9.17) is 10.5 Å². The zero-order chi connectivity index (χ0) is 15.2. The van der Waals surface area contributed by atoms with E-state index < -0.39 is 0 Å². The van der Waals surface area contributed by atoms with Gasteiger partial charge in [0.05, 0.1) is 6.61 Å². The van der Waals surface area contributed by atoms with Gasteiger partial charge in [-0.05, 0) is 25.2 Å². The highest BCUT2D eigenvalue weighted by molar-refractivity contribution is 7.18. The van der Waals surface area contributed by atoms with Crippen LogP contribution in [0.15, 0.2) is 0 Å². The van der Waals surface area contributed by atoms with E-state index in [1.165, 1.54) is 17.8 Å². The highest BCUT2D eigenvalue weighted by atomic mass is 32.1. The van der Waals surface area contributed by atoms with E-state index in [0.717, 1.165) is 18.0 Å². The van der Waals surface area contributed by atoms with Crippen LogP contribution in [0.4, 0.5) is 10.9 Å². The van der Waals surface area contributed by atoms with Gasteiger partial charge < -0.3 is 21.1 Å². The summed E-state index contributed by atoms with van der Waals surface area (Å²) in [5.41, 5.74) is 5.81. The van der Waals surface area contributed by atoms with E-state index in [9.17, 15) is 4.79 Å². The van der Waals surface area contributed by atoms with Crippen LogP contribution in [-0.2, 0) is 4.74 Å². The number of anilines is 2. The van der Waals surface area contributed by atoms with E-state index >= 15 is 0 Å². The largest absolute Gasteiger partial charge is 0.382 e. The number of ether oxygens (including phenoxy) is 1. The molecule has 1 amide bonds. The molecule has 1 aliphatic carbocycles. The number of thiazole rings is 1. The lowest BCUT2D eigenvalue weighted by atomic mass is 9.93. The van der Waals surface area contributed by atoms with Crippen molar-refractivity contribution >= 4 is 28.2 Å². The Bertz CT molecular complexity index is 472. The SMILES string of the molecule is CC(C)COCCNC(=O)c1sc(NC2CCC2)nc1N. The first-order valence-electron chi connectivity index (χ1n) is 7.45. The van der Waals surface area contributed by atoms with Crippen LogP contribution < -0.4 is 16.4 Å². The van der Waals surface area contributed by atoms with Crippen LogP contribution in [0.1, 0.15) is 42.8 Å². The quantitative estimate of drug-likeness (QED) is 0.640. The van der Waals surface area contributed by atoms with E-state index in [1.54, 1.807) is 0 Å². The summed E-state index contributed by atoms with van der Waals surface area (Å²) in [6.45, 7) is 5.87. The van der Waals surface area contributed by atoms with Gasteiger partial charge >= 0.3 is 0 Å². The molecule has 0 bridgehead atoms. The molecule has 7 heteroatoms. The minimum atomic E-state index is -0.181. The lowest BCUT2D eigenvalue weighted by molar-refractivity contribution is 0.0890. The van der Waals surface area contributed by atoms with Crippen molar-refractivity contribution in [3.8, 4) is 0 Å². The minimum Gasteiger partial charge on any atom is -0.382 e. The summed E-state index contributed by atoms with van der Waals surface area (Å²) in [5, 5.41) is 6.85. The summed E-state index contributed by atoms with van der Waals surface area (Å²) in [7, 11) is 0. The average molecular weight is 312 g/mol. The van der Waals surface area contributed by atoms with Crippen molar-refractivity contribution in [1.29, 1.82) is 0 Å². The summed E-state index contributed by atoms with van der Waals surface area (Å²) in [4.78, 5) is 16.7. The number of nitrogens with one attached hydrogen (secondary N) is 2. The molecule has 0 saturated heterocycles. The molecule has 0 aliphatic heterocycles. The minimum absolute atomic E-state index is 0.181. The van der Waals surface area contributed by atoms with Gasteiger partial charge in [-0.2, -0.15) is 0 Å². The first-order valence-corrected chi connectivity index (χ1v) is 8.26. The lowest BCUT2D eigenvalue weighted by Crippen LogP contribution is -2.27. The molecule has 0 spiro atoms. The Morgan fingerprint density at radius 2 is 2.29 bits per heavy atom. The molecule has 6 nitrogen and oxygen atoms in total. The second kappa shape index (κ2) is 7.61. The molecule has 21 heavy (non-hydrogen) atoms. The van der Waals surface area contributed by atoms with Gasteiger partial charge in [0.2, 0.25) is 0 Å². The molecule has 118 valence electrons. The van der Waals surface area contributed by atoms with E-state index in [0.29, 0.717) is 42.4 Å². The summed E-state index contributed by atoms with van der Waals surface area (Å²) in [6, 6.07) is 0.482. The molecule has 1 aliphatic rings. The Balaban J connectivity index is 1.76. The van der Waals surface area contributed by atoms with Crippen molar-refractivity contribution in [2.75, 3.05) is 30.8 Å². The van der Waals surface area contributed by atoms with E-state index in [1.807, 2.05) is 0 Å². The fourth-order valence-corrected chi connectivity index (χ4v) is 2.80. The molecule has 2 rings (SSSR count). The highest BCUT2D eigenvalue weighted by Crippen LogP contribution is 2.29. The fraction of sp³-hybridized carbons (Fsp3) is 0.714. The molecule has 0 unspecified atom stereocenters. The summed E-state index contributed by atoms with van der Waals surface area (Å²) in [6.07, 6.45) is 3.57. The van der Waals surface area contributed by atoms with Crippen LogP contribution >= 0.6 is 11.3 Å². The van der Waals surface area contributed by atoms with Gasteiger partial charge in [-0.15, -0.1) is 0 Å². The number of amides is 1. The van der Waals surface area contributed by atoms with Gasteiger partial charge in [-0.1, -0.05) is 25.2 Å². The number of aromatic nitrogens is 1. The van der Waals surface area contributed by atoms with Crippen molar-refractivity contribution in [1.82, 2.24) is 10.3 Å². The predicted molar refractivity (Wildman–Crippen MR) is 85.8 cm³/mol. The number of carbonyl (C=O) groups is 1. The highest BCUT2D eigenvalue weighted by Gasteiger charge is 2.21. The smallest absolute Gasteiger partial charge is 0.265 e. The molecule has 4 N–H and O–H groups in total. The zero-order valence-corrected chi connectivity index (χ0v) is 13.5. The Morgan fingerprint density at radius 1 is 1.52 bits per heavy atom. The molecule has 0 atom stereocenters. The third-order valence-electron chi connectivity index (χ3n) is 3.28. The summed E-state index contributed by atoms with van der Waals surface area (Å²) >= 11 is 1.31. The van der Waals surface area contributed by atoms with Crippen molar-refractivity contribution in [3.63, 3.8) is 0 Å². The summed E-state index contributed by atoms with van der Waals surface area (Å²) in [5.74, 6) is 0.611. The zero-order valence-electron chi connectivity index (χ0n) is 12.6. The monoisotopic (exact) mass is 312 g/mol.